The molecular formula is C27H28N4O6S. The summed E-state index contributed by atoms with van der Waals surface area (Å²) < 4.78 is 17.2. The second-order valence-electron chi connectivity index (χ2n) is 8.34. The monoisotopic (exact) mass is 536 g/mol. The number of benzene rings is 2. The van der Waals surface area contributed by atoms with E-state index in [4.69, 9.17) is 19.9 Å². The van der Waals surface area contributed by atoms with Crippen molar-refractivity contribution in [3.63, 3.8) is 0 Å². The predicted octanol–water partition coefficient (Wildman–Crippen LogP) is 4.08. The van der Waals surface area contributed by atoms with Crippen LogP contribution in [0.1, 0.15) is 35.1 Å². The molecule has 10 nitrogen and oxygen atoms in total. The van der Waals surface area contributed by atoms with Gasteiger partial charge >= 0.3 is 0 Å². The number of nitrogens with two attached hydrogens (primary N) is 1. The van der Waals surface area contributed by atoms with E-state index in [1.54, 1.807) is 62.5 Å². The Bertz CT molecular complexity index is 1360. The van der Waals surface area contributed by atoms with Crippen LogP contribution in [0.15, 0.2) is 59.3 Å². The summed E-state index contributed by atoms with van der Waals surface area (Å²) in [5.41, 5.74) is 7.41. The molecule has 11 heteroatoms. The normalized spacial score (nSPS) is 12.9. The van der Waals surface area contributed by atoms with Gasteiger partial charge in [0.2, 0.25) is 11.5 Å². The van der Waals surface area contributed by atoms with Gasteiger partial charge in [-0.25, -0.2) is 9.97 Å². The first kappa shape index (κ1) is 27.0. The Morgan fingerprint density at radius 1 is 1.21 bits per heavy atom. The molecule has 1 aliphatic heterocycles. The van der Waals surface area contributed by atoms with Crippen molar-refractivity contribution in [2.45, 2.75) is 26.8 Å². The lowest BCUT2D eigenvalue weighted by atomic mass is 10.2. The number of carbonyl (C=O) groups excluding carboxylic acids is 2. The van der Waals surface area contributed by atoms with Crippen molar-refractivity contribution in [3.05, 3.63) is 76.2 Å². The van der Waals surface area contributed by atoms with Gasteiger partial charge in [-0.2, -0.15) is 0 Å². The van der Waals surface area contributed by atoms with Crippen LogP contribution in [-0.4, -0.2) is 51.3 Å². The van der Waals surface area contributed by atoms with E-state index in [-0.39, 0.29) is 30.5 Å². The molecule has 4 rings (SSSR count). The molecule has 2 aromatic carbocycles. The number of hydrogen-bond donors (Lipinski definition) is 2. The number of allylic oxidation sites excluding steroid dienone is 1. The lowest BCUT2D eigenvalue weighted by molar-refractivity contribution is -0.116. The van der Waals surface area contributed by atoms with Crippen LogP contribution in [0.3, 0.4) is 0 Å². The third-order valence-electron chi connectivity index (χ3n) is 5.72. The lowest BCUT2D eigenvalue weighted by Crippen LogP contribution is -2.22. The minimum absolute atomic E-state index is 0.120. The van der Waals surface area contributed by atoms with E-state index in [1.165, 1.54) is 4.90 Å². The quantitative estimate of drug-likeness (QED) is 0.365. The highest BCUT2D eigenvalue weighted by atomic mass is 32.2. The van der Waals surface area contributed by atoms with Gasteiger partial charge in [-0.05, 0) is 49.9 Å². The van der Waals surface area contributed by atoms with E-state index in [1.807, 2.05) is 0 Å². The third-order valence-corrected chi connectivity index (χ3v) is 6.88. The Morgan fingerprint density at radius 3 is 2.71 bits per heavy atom. The zero-order valence-electron chi connectivity index (χ0n) is 21.0. The molecule has 0 saturated carbocycles. The molecule has 1 amide bonds. The second kappa shape index (κ2) is 12.4. The Labute approximate surface area is 224 Å². The number of ether oxygens (including phenoxy) is 3. The summed E-state index contributed by atoms with van der Waals surface area (Å²) in [5.74, 6) is 2.86. The fraction of sp³-hybridized carbons (Fsp3) is 0.259. The molecule has 1 aliphatic rings. The van der Waals surface area contributed by atoms with Crippen molar-refractivity contribution < 1.29 is 28.9 Å². The van der Waals surface area contributed by atoms with Crippen molar-refractivity contribution in [2.75, 3.05) is 25.6 Å². The van der Waals surface area contributed by atoms with E-state index < -0.39 is 0 Å². The molecule has 0 aliphatic carbocycles. The molecule has 3 aromatic rings. The molecule has 0 radical (unpaired) electrons. The summed E-state index contributed by atoms with van der Waals surface area (Å²) in [6.45, 7) is 4.28. The topological polar surface area (TPSA) is 137 Å². The van der Waals surface area contributed by atoms with Crippen LogP contribution in [0.25, 0.3) is 0 Å². The summed E-state index contributed by atoms with van der Waals surface area (Å²) >= 11 is 0.932. The van der Waals surface area contributed by atoms with E-state index in [0.29, 0.717) is 70.2 Å². The van der Waals surface area contributed by atoms with Gasteiger partial charge in [0.15, 0.2) is 11.5 Å². The van der Waals surface area contributed by atoms with Crippen molar-refractivity contribution in [1.29, 1.82) is 0 Å². The summed E-state index contributed by atoms with van der Waals surface area (Å²) in [4.78, 5) is 35.6. The lowest BCUT2D eigenvalue weighted by Gasteiger charge is -2.22. The van der Waals surface area contributed by atoms with E-state index >= 15 is 0 Å². The summed E-state index contributed by atoms with van der Waals surface area (Å²) in [6, 6.07) is 12.1. The van der Waals surface area contributed by atoms with Crippen LogP contribution in [0.5, 0.6) is 23.0 Å². The smallest absolute Gasteiger partial charge is 0.227 e. The Morgan fingerprint density at radius 2 is 1.97 bits per heavy atom. The maximum atomic E-state index is 13.4. The highest BCUT2D eigenvalue weighted by molar-refractivity contribution is 8.17. The number of para-hydroxylation sites is 1. The average molecular weight is 537 g/mol. The highest BCUT2D eigenvalue weighted by Gasteiger charge is 2.21. The predicted molar refractivity (Wildman–Crippen MR) is 143 cm³/mol. The van der Waals surface area contributed by atoms with Crippen LogP contribution >= 0.6 is 11.8 Å². The zero-order valence-corrected chi connectivity index (χ0v) is 21.9. The molecule has 198 valence electrons. The number of anilines is 1. The first-order valence-electron chi connectivity index (χ1n) is 11.9. The molecule has 0 spiro atoms. The van der Waals surface area contributed by atoms with Crippen LogP contribution in [-0.2, 0) is 11.3 Å². The fourth-order valence-electron chi connectivity index (χ4n) is 3.73. The number of aliphatic hydroxyl groups is 1. The molecule has 0 unspecified atom stereocenters. The highest BCUT2D eigenvalue weighted by Crippen LogP contribution is 2.37. The number of amides is 1. The van der Waals surface area contributed by atoms with Crippen molar-refractivity contribution in [3.8, 4) is 23.0 Å². The number of rotatable bonds is 10. The number of hydrogen-bond acceptors (Lipinski definition) is 10. The number of nitrogens with zero attached hydrogens (tertiary/aromatic N) is 3. The van der Waals surface area contributed by atoms with Crippen LogP contribution in [0.2, 0.25) is 0 Å². The molecule has 1 aromatic heterocycles. The maximum Gasteiger partial charge on any atom is 0.227 e. The third kappa shape index (κ3) is 6.42. The first-order valence-corrected chi connectivity index (χ1v) is 12.7. The number of aliphatic hydroxyl groups excluding tert-OH is 1. The first-order chi connectivity index (χ1) is 18.4. The second-order valence-corrected chi connectivity index (χ2v) is 9.40. The average Bonchev–Trinajstić information content (AvgIpc) is 2.92. The van der Waals surface area contributed by atoms with Gasteiger partial charge in [0.05, 0.1) is 12.1 Å². The van der Waals surface area contributed by atoms with Gasteiger partial charge < -0.3 is 30.0 Å². The van der Waals surface area contributed by atoms with Gasteiger partial charge in [-0.3, -0.25) is 9.59 Å². The summed E-state index contributed by atoms with van der Waals surface area (Å²) in [5, 5.41) is 9.38. The molecule has 2 heterocycles. The van der Waals surface area contributed by atoms with Crippen LogP contribution < -0.4 is 19.9 Å². The maximum absolute atomic E-state index is 13.4. The minimum Gasteiger partial charge on any atom is -0.486 e. The number of aryl methyl sites for hydroxylation is 1. The summed E-state index contributed by atoms with van der Waals surface area (Å²) in [6.07, 6.45) is 2.39. The number of aromatic nitrogens is 2. The Kier molecular flexibility index (Phi) is 8.82. The molecule has 0 saturated heterocycles. The molecule has 0 fully saturated rings. The number of fused-ring (bicyclic) bond motifs is 1. The zero-order chi connectivity index (χ0) is 27.1. The molecule has 0 atom stereocenters. The van der Waals surface area contributed by atoms with Crippen LogP contribution in [0, 0.1) is 6.92 Å². The van der Waals surface area contributed by atoms with Gasteiger partial charge in [-0.15, -0.1) is 0 Å². The van der Waals surface area contributed by atoms with Gasteiger partial charge in [0.1, 0.15) is 36.4 Å². The van der Waals surface area contributed by atoms with Crippen LogP contribution in [0.4, 0.5) is 5.82 Å². The van der Waals surface area contributed by atoms with Gasteiger partial charge in [-0.1, -0.05) is 12.1 Å². The Balaban J connectivity index is 1.56. The van der Waals surface area contributed by atoms with E-state index in [0.717, 1.165) is 11.8 Å². The van der Waals surface area contributed by atoms with E-state index in [2.05, 4.69) is 9.97 Å². The van der Waals surface area contributed by atoms with Crippen molar-refractivity contribution >= 4 is 29.1 Å². The summed E-state index contributed by atoms with van der Waals surface area (Å²) in [7, 11) is 0. The standard InChI is InChI=1S/C27H28N4O6S/c1-17(31(16-33)15-19-14-29-18(2)30-26(19)28)25(9-10-32)38-27(34)21-5-3-4-6-22(21)37-20-7-8-23-24(13-20)36-12-11-35-23/h3-8,13-14,16,32H,9-12,15H2,1-2H3,(H2,28,29,30)/b25-17-. The van der Waals surface area contributed by atoms with Crippen molar-refractivity contribution in [1.82, 2.24) is 14.9 Å². The number of thioether (sulfide) groups is 1. The number of nitrogen functional groups attached to an aromatic ring is 1. The van der Waals surface area contributed by atoms with Gasteiger partial charge in [0.25, 0.3) is 0 Å². The number of carbonyl (C=O) groups is 2. The minimum atomic E-state index is -0.301. The molecular weight excluding hydrogens is 508 g/mol. The SMILES string of the molecule is C/C(=C(\CCO)SC(=O)c1ccccc1Oc1ccc2c(c1)OCCO2)N(C=O)Cc1cnc(C)nc1N. The fourth-order valence-corrected chi connectivity index (χ4v) is 4.69. The van der Waals surface area contributed by atoms with Gasteiger partial charge in [0, 0.05) is 41.5 Å². The van der Waals surface area contributed by atoms with E-state index in [9.17, 15) is 14.7 Å². The largest absolute Gasteiger partial charge is 0.486 e. The molecule has 0 bridgehead atoms. The molecule has 38 heavy (non-hydrogen) atoms. The van der Waals surface area contributed by atoms with Crippen molar-refractivity contribution in [2.24, 2.45) is 0 Å². The Hall–Kier alpha value is -4.09. The molecule has 3 N–H and O–H groups in total.